The number of phenols is 2. The van der Waals surface area contributed by atoms with Gasteiger partial charge >= 0.3 is 0 Å². The fraction of sp³-hybridized carbons (Fsp3) is 0.286. The largest absolute Gasteiger partial charge is 0.507 e. The molecule has 2 aromatic carbocycles. The van der Waals surface area contributed by atoms with Gasteiger partial charge in [-0.05, 0) is 19.4 Å². The number of ether oxygens (including phenoxy) is 1. The number of hydrogen-bond donors (Lipinski definition) is 2. The van der Waals surface area contributed by atoms with Crippen molar-refractivity contribution in [3.05, 3.63) is 29.6 Å². The van der Waals surface area contributed by atoms with Crippen LogP contribution in [0.1, 0.15) is 19.4 Å². The van der Waals surface area contributed by atoms with Crippen LogP contribution in [-0.4, -0.2) is 16.8 Å². The summed E-state index contributed by atoms with van der Waals surface area (Å²) in [6, 6.07) is 4.29. The topological polar surface area (TPSA) is 49.7 Å². The quantitative estimate of drug-likeness (QED) is 0.821. The zero-order valence-electron chi connectivity index (χ0n) is 10.3. The molecular formula is C14H15FO3. The average molecular weight is 250 g/mol. The van der Waals surface area contributed by atoms with E-state index >= 15 is 0 Å². The van der Waals surface area contributed by atoms with Crippen LogP contribution in [0.15, 0.2) is 18.2 Å². The predicted molar refractivity (Wildman–Crippen MR) is 67.8 cm³/mol. The molecule has 0 heterocycles. The predicted octanol–water partition coefficient (Wildman–Crippen LogP) is 3.35. The van der Waals surface area contributed by atoms with E-state index in [4.69, 9.17) is 4.74 Å². The van der Waals surface area contributed by atoms with Gasteiger partial charge in [0.15, 0.2) is 11.5 Å². The zero-order valence-corrected chi connectivity index (χ0v) is 10.3. The second-order valence-electron chi connectivity index (χ2n) is 3.95. The molecule has 96 valence electrons. The van der Waals surface area contributed by atoms with Gasteiger partial charge in [0.05, 0.1) is 12.0 Å². The molecule has 0 atom stereocenters. The Morgan fingerprint density at radius 2 is 1.89 bits per heavy atom. The Balaban J connectivity index is 2.90. The molecule has 0 unspecified atom stereocenters. The van der Waals surface area contributed by atoms with Crippen LogP contribution >= 0.6 is 0 Å². The van der Waals surface area contributed by atoms with Crippen molar-refractivity contribution in [1.82, 2.24) is 0 Å². The summed E-state index contributed by atoms with van der Waals surface area (Å²) in [6.45, 7) is 3.95. The van der Waals surface area contributed by atoms with Gasteiger partial charge in [-0.1, -0.05) is 19.1 Å². The Hall–Kier alpha value is -1.97. The van der Waals surface area contributed by atoms with Crippen molar-refractivity contribution in [3.63, 3.8) is 0 Å². The highest BCUT2D eigenvalue weighted by Crippen LogP contribution is 2.45. The Morgan fingerprint density at radius 1 is 1.17 bits per heavy atom. The van der Waals surface area contributed by atoms with Crippen LogP contribution in [-0.2, 0) is 6.42 Å². The van der Waals surface area contributed by atoms with Crippen LogP contribution in [0, 0.1) is 5.82 Å². The number of phenolic OH excluding ortho intramolecular Hbond substituents is 2. The summed E-state index contributed by atoms with van der Waals surface area (Å²) in [4.78, 5) is 0. The normalized spacial score (nSPS) is 10.8. The lowest BCUT2D eigenvalue weighted by Crippen LogP contribution is -1.98. The molecule has 18 heavy (non-hydrogen) atoms. The molecule has 0 spiro atoms. The second kappa shape index (κ2) is 4.72. The van der Waals surface area contributed by atoms with Gasteiger partial charge in [-0.15, -0.1) is 0 Å². The molecule has 0 radical (unpaired) electrons. The van der Waals surface area contributed by atoms with E-state index in [0.29, 0.717) is 18.6 Å². The summed E-state index contributed by atoms with van der Waals surface area (Å²) >= 11 is 0. The smallest absolute Gasteiger partial charge is 0.168 e. The first-order valence-electron chi connectivity index (χ1n) is 5.89. The standard InChI is InChI=1S/C14H15FO3/c1-3-8-12(16)11-9(6-5-7-10(11)15)13(17)14(8)18-4-2/h5-7,16-17H,3-4H2,1-2H3. The van der Waals surface area contributed by atoms with E-state index in [2.05, 4.69) is 0 Å². The summed E-state index contributed by atoms with van der Waals surface area (Å²) < 4.78 is 19.1. The molecule has 0 aliphatic rings. The molecule has 0 aliphatic carbocycles. The number of halogens is 1. The number of rotatable bonds is 3. The summed E-state index contributed by atoms with van der Waals surface area (Å²) in [6.07, 6.45) is 0.443. The van der Waals surface area contributed by atoms with Crippen molar-refractivity contribution in [2.45, 2.75) is 20.3 Å². The van der Waals surface area contributed by atoms with E-state index in [1.54, 1.807) is 13.0 Å². The van der Waals surface area contributed by atoms with Gasteiger partial charge in [-0.3, -0.25) is 0 Å². The zero-order chi connectivity index (χ0) is 13.3. The Morgan fingerprint density at radius 3 is 2.50 bits per heavy atom. The SMILES string of the molecule is CCOc1c(CC)c(O)c2c(F)cccc2c1O. The maximum atomic E-state index is 13.7. The summed E-state index contributed by atoms with van der Waals surface area (Å²) in [7, 11) is 0. The molecule has 0 aliphatic heterocycles. The number of hydrogen-bond acceptors (Lipinski definition) is 3. The number of benzene rings is 2. The van der Waals surface area contributed by atoms with Gasteiger partial charge in [-0.2, -0.15) is 0 Å². The van der Waals surface area contributed by atoms with Gasteiger partial charge in [0.25, 0.3) is 0 Å². The molecule has 2 N–H and O–H groups in total. The Kier molecular flexibility index (Phi) is 3.28. The molecule has 0 fully saturated rings. The van der Waals surface area contributed by atoms with E-state index in [1.165, 1.54) is 12.1 Å². The first-order chi connectivity index (χ1) is 8.61. The lowest BCUT2D eigenvalue weighted by molar-refractivity contribution is 0.313. The monoisotopic (exact) mass is 250 g/mol. The molecule has 2 rings (SSSR count). The van der Waals surface area contributed by atoms with E-state index < -0.39 is 5.82 Å². The molecule has 4 heteroatoms. The number of fused-ring (bicyclic) bond motifs is 1. The van der Waals surface area contributed by atoms with Gasteiger partial charge < -0.3 is 14.9 Å². The highest BCUT2D eigenvalue weighted by molar-refractivity contribution is 5.97. The van der Waals surface area contributed by atoms with Crippen LogP contribution < -0.4 is 4.74 Å². The minimum absolute atomic E-state index is 0.0373. The lowest BCUT2D eigenvalue weighted by atomic mass is 10.0. The van der Waals surface area contributed by atoms with E-state index in [-0.39, 0.29) is 28.0 Å². The van der Waals surface area contributed by atoms with Crippen molar-refractivity contribution in [2.75, 3.05) is 6.61 Å². The summed E-state index contributed by atoms with van der Waals surface area (Å²) in [5, 5.41) is 20.6. The van der Waals surface area contributed by atoms with Crippen molar-refractivity contribution >= 4 is 10.8 Å². The van der Waals surface area contributed by atoms with Crippen LogP contribution in [0.25, 0.3) is 10.8 Å². The third-order valence-electron chi connectivity index (χ3n) is 2.92. The van der Waals surface area contributed by atoms with E-state index in [1.807, 2.05) is 6.92 Å². The molecular weight excluding hydrogens is 235 g/mol. The summed E-state index contributed by atoms with van der Waals surface area (Å²) in [5.41, 5.74) is 0.423. The van der Waals surface area contributed by atoms with Crippen molar-refractivity contribution in [2.24, 2.45) is 0 Å². The fourth-order valence-electron chi connectivity index (χ4n) is 2.11. The second-order valence-corrected chi connectivity index (χ2v) is 3.95. The first-order valence-corrected chi connectivity index (χ1v) is 5.89. The Bertz CT molecular complexity index is 593. The van der Waals surface area contributed by atoms with Crippen molar-refractivity contribution in [3.8, 4) is 17.2 Å². The van der Waals surface area contributed by atoms with Crippen molar-refractivity contribution in [1.29, 1.82) is 0 Å². The molecule has 0 aromatic heterocycles. The highest BCUT2D eigenvalue weighted by Gasteiger charge is 2.20. The van der Waals surface area contributed by atoms with Crippen LogP contribution in [0.2, 0.25) is 0 Å². The van der Waals surface area contributed by atoms with Gasteiger partial charge in [0, 0.05) is 10.9 Å². The first kappa shape index (κ1) is 12.5. The minimum atomic E-state index is -0.557. The fourth-order valence-corrected chi connectivity index (χ4v) is 2.11. The molecule has 2 aromatic rings. The highest BCUT2D eigenvalue weighted by atomic mass is 19.1. The lowest BCUT2D eigenvalue weighted by Gasteiger charge is -2.15. The van der Waals surface area contributed by atoms with E-state index in [0.717, 1.165) is 0 Å². The number of aromatic hydroxyl groups is 2. The molecule has 0 amide bonds. The van der Waals surface area contributed by atoms with Gasteiger partial charge in [0.1, 0.15) is 11.6 Å². The maximum Gasteiger partial charge on any atom is 0.168 e. The molecule has 0 saturated carbocycles. The Labute approximate surface area is 104 Å². The minimum Gasteiger partial charge on any atom is -0.507 e. The maximum absolute atomic E-state index is 13.7. The third-order valence-corrected chi connectivity index (χ3v) is 2.92. The average Bonchev–Trinajstić information content (AvgIpc) is 2.36. The molecule has 0 saturated heterocycles. The van der Waals surface area contributed by atoms with Crippen LogP contribution in [0.3, 0.4) is 0 Å². The van der Waals surface area contributed by atoms with Gasteiger partial charge in [-0.25, -0.2) is 4.39 Å². The molecule has 3 nitrogen and oxygen atoms in total. The third kappa shape index (κ3) is 1.74. The van der Waals surface area contributed by atoms with Crippen LogP contribution in [0.5, 0.6) is 17.2 Å². The van der Waals surface area contributed by atoms with Crippen LogP contribution in [0.4, 0.5) is 4.39 Å². The van der Waals surface area contributed by atoms with Gasteiger partial charge in [0.2, 0.25) is 0 Å². The molecule has 0 bridgehead atoms. The van der Waals surface area contributed by atoms with Crippen molar-refractivity contribution < 1.29 is 19.3 Å². The summed E-state index contributed by atoms with van der Waals surface area (Å²) in [5.74, 6) is -0.610. The van der Waals surface area contributed by atoms with E-state index in [9.17, 15) is 14.6 Å².